The lowest BCUT2D eigenvalue weighted by atomic mass is 10.2. The van der Waals surface area contributed by atoms with E-state index in [2.05, 4.69) is 20.9 Å². The van der Waals surface area contributed by atoms with Crippen molar-refractivity contribution in [2.75, 3.05) is 0 Å². The minimum absolute atomic E-state index is 0.281. The summed E-state index contributed by atoms with van der Waals surface area (Å²) >= 11 is 14.4. The molecule has 0 aliphatic carbocycles. The lowest BCUT2D eigenvalue weighted by molar-refractivity contribution is 0.788. The van der Waals surface area contributed by atoms with Crippen LogP contribution in [0.5, 0.6) is 0 Å². The Balaban J connectivity index is 2.31. The summed E-state index contributed by atoms with van der Waals surface area (Å²) < 4.78 is 2.82. The van der Waals surface area contributed by atoms with E-state index in [-0.39, 0.29) is 4.99 Å². The van der Waals surface area contributed by atoms with Gasteiger partial charge in [0.1, 0.15) is 4.99 Å². The fraction of sp³-hybridized carbons (Fsp3) is 0.0909. The van der Waals surface area contributed by atoms with Gasteiger partial charge in [-0.05, 0) is 17.7 Å². The van der Waals surface area contributed by atoms with Crippen molar-refractivity contribution in [3.05, 3.63) is 51.5 Å². The summed E-state index contributed by atoms with van der Waals surface area (Å²) in [6.45, 7) is 0.596. The van der Waals surface area contributed by atoms with E-state index in [1.165, 1.54) is 0 Å². The Labute approximate surface area is 118 Å². The molecular weight excluding hydrogens is 322 g/mol. The van der Waals surface area contributed by atoms with Crippen molar-refractivity contribution < 1.29 is 0 Å². The van der Waals surface area contributed by atoms with E-state index in [4.69, 9.17) is 29.6 Å². The van der Waals surface area contributed by atoms with Crippen LogP contribution in [0.25, 0.3) is 0 Å². The minimum Gasteiger partial charge on any atom is -0.387 e. The molecule has 6 heteroatoms. The van der Waals surface area contributed by atoms with Crippen molar-refractivity contribution in [2.45, 2.75) is 6.54 Å². The fourth-order valence-electron chi connectivity index (χ4n) is 1.50. The number of nitrogens with two attached hydrogens (primary N) is 1. The summed E-state index contributed by atoms with van der Waals surface area (Å²) in [4.78, 5) is 4.38. The van der Waals surface area contributed by atoms with E-state index in [0.717, 1.165) is 10.0 Å². The second-order valence-corrected chi connectivity index (χ2v) is 5.24. The van der Waals surface area contributed by atoms with E-state index in [9.17, 15) is 0 Å². The summed E-state index contributed by atoms with van der Waals surface area (Å²) in [5.41, 5.74) is 6.57. The van der Waals surface area contributed by atoms with Gasteiger partial charge in [0, 0.05) is 21.9 Å². The van der Waals surface area contributed by atoms with E-state index in [0.29, 0.717) is 17.4 Å². The molecule has 0 fully saturated rings. The van der Waals surface area contributed by atoms with Crippen molar-refractivity contribution in [3.8, 4) is 0 Å². The van der Waals surface area contributed by atoms with Gasteiger partial charge in [-0.25, -0.2) is 4.98 Å². The normalized spacial score (nSPS) is 10.5. The van der Waals surface area contributed by atoms with Crippen LogP contribution in [0.2, 0.25) is 5.02 Å². The molecule has 0 spiro atoms. The van der Waals surface area contributed by atoms with Crippen molar-refractivity contribution in [1.29, 1.82) is 0 Å². The lowest BCUT2D eigenvalue weighted by Gasteiger charge is -2.08. The SMILES string of the molecule is NC(=S)c1nccn1Cc1ccc(Br)cc1Cl. The molecule has 0 radical (unpaired) electrons. The van der Waals surface area contributed by atoms with Gasteiger partial charge in [0.25, 0.3) is 0 Å². The first kappa shape index (κ1) is 12.5. The maximum Gasteiger partial charge on any atom is 0.167 e. The van der Waals surface area contributed by atoms with Crippen molar-refractivity contribution in [3.63, 3.8) is 0 Å². The molecule has 2 N–H and O–H groups in total. The summed E-state index contributed by atoms with van der Waals surface area (Å²) in [6.07, 6.45) is 3.49. The molecule has 1 aromatic heterocycles. The second kappa shape index (κ2) is 5.16. The van der Waals surface area contributed by atoms with Crippen LogP contribution in [0.15, 0.2) is 35.1 Å². The largest absolute Gasteiger partial charge is 0.387 e. The zero-order valence-electron chi connectivity index (χ0n) is 8.73. The number of rotatable bonds is 3. The van der Waals surface area contributed by atoms with Gasteiger partial charge in [0.15, 0.2) is 5.82 Å². The number of thiocarbonyl (C=S) groups is 1. The Morgan fingerprint density at radius 3 is 2.94 bits per heavy atom. The molecule has 3 nitrogen and oxygen atoms in total. The van der Waals surface area contributed by atoms with Gasteiger partial charge in [0.2, 0.25) is 0 Å². The number of nitrogens with zero attached hydrogens (tertiary/aromatic N) is 2. The molecule has 1 aromatic carbocycles. The fourth-order valence-corrected chi connectivity index (χ4v) is 2.40. The van der Waals surface area contributed by atoms with Gasteiger partial charge in [-0.15, -0.1) is 0 Å². The van der Waals surface area contributed by atoms with E-state index < -0.39 is 0 Å². The van der Waals surface area contributed by atoms with Gasteiger partial charge in [-0.1, -0.05) is 45.8 Å². The Bertz CT molecular complexity index is 568. The molecule has 2 rings (SSSR count). The third kappa shape index (κ3) is 2.86. The quantitative estimate of drug-likeness (QED) is 0.880. The van der Waals surface area contributed by atoms with Crippen molar-refractivity contribution in [1.82, 2.24) is 9.55 Å². The van der Waals surface area contributed by atoms with Crippen molar-refractivity contribution in [2.24, 2.45) is 5.73 Å². The monoisotopic (exact) mass is 329 g/mol. The molecule has 0 bridgehead atoms. The third-order valence-corrected chi connectivity index (χ3v) is 3.32. The highest BCUT2D eigenvalue weighted by Crippen LogP contribution is 2.22. The van der Waals surface area contributed by atoms with Crippen molar-refractivity contribution >= 4 is 44.7 Å². The highest BCUT2D eigenvalue weighted by Gasteiger charge is 2.08. The first-order valence-electron chi connectivity index (χ1n) is 4.83. The Morgan fingerprint density at radius 2 is 2.29 bits per heavy atom. The Hall–Kier alpha value is -0.910. The zero-order valence-corrected chi connectivity index (χ0v) is 11.9. The predicted molar refractivity (Wildman–Crippen MR) is 76.4 cm³/mol. The molecule has 0 unspecified atom stereocenters. The maximum absolute atomic E-state index is 6.15. The smallest absolute Gasteiger partial charge is 0.167 e. The average Bonchev–Trinajstić information content (AvgIpc) is 2.70. The van der Waals surface area contributed by atoms with Crippen LogP contribution in [0.1, 0.15) is 11.4 Å². The van der Waals surface area contributed by atoms with E-state index >= 15 is 0 Å². The molecule has 0 aliphatic heterocycles. The highest BCUT2D eigenvalue weighted by atomic mass is 79.9. The Morgan fingerprint density at radius 1 is 1.53 bits per heavy atom. The van der Waals surface area contributed by atoms with E-state index in [1.807, 2.05) is 29.0 Å². The molecule has 88 valence electrons. The van der Waals surface area contributed by atoms with Crippen LogP contribution in [0.3, 0.4) is 0 Å². The zero-order chi connectivity index (χ0) is 12.4. The van der Waals surface area contributed by atoms with Crippen LogP contribution in [0.4, 0.5) is 0 Å². The average molecular weight is 331 g/mol. The number of aromatic nitrogens is 2. The summed E-state index contributed by atoms with van der Waals surface area (Å²) in [5.74, 6) is 0.596. The molecule has 0 saturated heterocycles. The standard InChI is InChI=1S/C11H9BrClN3S/c12-8-2-1-7(9(13)5-8)6-16-4-3-15-11(16)10(14)17/h1-5H,6H2,(H2,14,17). The number of benzene rings is 1. The molecule has 0 atom stereocenters. The molecule has 2 aromatic rings. The summed E-state index contributed by atoms with van der Waals surface area (Å²) in [7, 11) is 0. The molecule has 0 aliphatic rings. The van der Waals surface area contributed by atoms with Gasteiger partial charge >= 0.3 is 0 Å². The lowest BCUT2D eigenvalue weighted by Crippen LogP contribution is -2.17. The summed E-state index contributed by atoms with van der Waals surface area (Å²) in [6, 6.07) is 5.75. The maximum atomic E-state index is 6.15. The molecule has 17 heavy (non-hydrogen) atoms. The van der Waals surface area contributed by atoms with Gasteiger partial charge in [-0.3, -0.25) is 0 Å². The number of halogens is 2. The van der Waals surface area contributed by atoms with Crippen LogP contribution in [-0.2, 0) is 6.54 Å². The van der Waals surface area contributed by atoms with E-state index in [1.54, 1.807) is 6.20 Å². The minimum atomic E-state index is 0.281. The number of hydrogen-bond donors (Lipinski definition) is 1. The van der Waals surface area contributed by atoms with Crippen LogP contribution >= 0.6 is 39.7 Å². The van der Waals surface area contributed by atoms with Gasteiger partial charge < -0.3 is 10.3 Å². The van der Waals surface area contributed by atoms with Gasteiger partial charge in [0.05, 0.1) is 6.54 Å². The Kier molecular flexibility index (Phi) is 3.81. The van der Waals surface area contributed by atoms with Crippen LogP contribution < -0.4 is 5.73 Å². The second-order valence-electron chi connectivity index (χ2n) is 3.48. The van der Waals surface area contributed by atoms with Crippen LogP contribution in [0, 0.1) is 0 Å². The molecule has 0 saturated carbocycles. The molecular formula is C11H9BrClN3S. The summed E-state index contributed by atoms with van der Waals surface area (Å²) in [5, 5.41) is 0.696. The first-order valence-corrected chi connectivity index (χ1v) is 6.40. The molecule has 0 amide bonds. The predicted octanol–water partition coefficient (Wildman–Crippen LogP) is 2.98. The highest BCUT2D eigenvalue weighted by molar-refractivity contribution is 9.10. The molecule has 1 heterocycles. The topological polar surface area (TPSA) is 43.8 Å². The van der Waals surface area contributed by atoms with Gasteiger partial charge in [-0.2, -0.15) is 0 Å². The number of hydrogen-bond acceptors (Lipinski definition) is 2. The third-order valence-electron chi connectivity index (χ3n) is 2.29. The first-order chi connectivity index (χ1) is 8.08. The van der Waals surface area contributed by atoms with Crippen LogP contribution in [-0.4, -0.2) is 14.5 Å². The number of imidazole rings is 1.